The van der Waals surface area contributed by atoms with E-state index in [9.17, 15) is 9.90 Å². The van der Waals surface area contributed by atoms with Crippen LogP contribution in [0.15, 0.2) is 23.7 Å². The molecule has 0 aromatic heterocycles. The van der Waals surface area contributed by atoms with Gasteiger partial charge >= 0.3 is 0 Å². The summed E-state index contributed by atoms with van der Waals surface area (Å²) in [6.07, 6.45) is 0. The van der Waals surface area contributed by atoms with Gasteiger partial charge in [0.2, 0.25) is 0 Å². The molecule has 1 heterocycles. The average molecular weight is 334 g/mol. The highest BCUT2D eigenvalue weighted by atomic mass is 32.2. The molecule has 1 unspecified atom stereocenters. The molecule has 1 fully saturated rings. The Bertz CT molecular complexity index is 669. The second-order valence-electron chi connectivity index (χ2n) is 8.02. The third kappa shape index (κ3) is 3.12. The van der Waals surface area contributed by atoms with Gasteiger partial charge < -0.3 is 5.11 Å². The zero-order valence-corrected chi connectivity index (χ0v) is 15.5. The lowest BCUT2D eigenvalue weighted by molar-refractivity contribution is -0.127. The minimum Gasteiger partial charge on any atom is -0.508 e. The van der Waals surface area contributed by atoms with E-state index >= 15 is 0 Å². The highest BCUT2D eigenvalue weighted by Gasteiger charge is 2.40. The molecule has 1 aliphatic heterocycles. The molecule has 0 spiro atoms. The van der Waals surface area contributed by atoms with E-state index in [0.717, 1.165) is 21.7 Å². The molecule has 1 aromatic rings. The summed E-state index contributed by atoms with van der Waals surface area (Å²) in [6, 6.07) is 3.52. The molecular formula is C18H26N2O2S. The highest BCUT2D eigenvalue weighted by molar-refractivity contribution is 8.04. The van der Waals surface area contributed by atoms with Gasteiger partial charge in [0, 0.05) is 5.56 Å². The number of thioether (sulfide) groups is 1. The third-order valence-corrected chi connectivity index (χ3v) is 5.14. The summed E-state index contributed by atoms with van der Waals surface area (Å²) in [5.41, 5.74) is 2.34. The van der Waals surface area contributed by atoms with Crippen LogP contribution in [0.2, 0.25) is 0 Å². The predicted molar refractivity (Wildman–Crippen MR) is 96.0 cm³/mol. The molecule has 0 saturated carbocycles. The third-order valence-electron chi connectivity index (χ3n) is 3.98. The first kappa shape index (κ1) is 17.9. The van der Waals surface area contributed by atoms with Crippen molar-refractivity contribution in [1.82, 2.24) is 5.01 Å². The summed E-state index contributed by atoms with van der Waals surface area (Å²) >= 11 is 1.37. The van der Waals surface area contributed by atoms with Crippen molar-refractivity contribution in [2.45, 2.75) is 57.6 Å². The number of benzene rings is 1. The number of amides is 1. The molecule has 23 heavy (non-hydrogen) atoms. The quantitative estimate of drug-likeness (QED) is 0.603. The van der Waals surface area contributed by atoms with Gasteiger partial charge in [0.1, 0.15) is 11.0 Å². The fraction of sp³-hybridized carbons (Fsp3) is 0.500. The van der Waals surface area contributed by atoms with Crippen molar-refractivity contribution in [3.05, 3.63) is 40.4 Å². The number of rotatable bonds is 1. The van der Waals surface area contributed by atoms with E-state index in [0.29, 0.717) is 5.03 Å². The van der Waals surface area contributed by atoms with Gasteiger partial charge in [0.05, 0.1) is 5.03 Å². The van der Waals surface area contributed by atoms with Crippen LogP contribution in [0.1, 0.15) is 63.5 Å². The standard InChI is InChI=1S/C18H26N2O2S/c1-10-20(19)16(22)15(23-10)11-8-9-12(21)14(18(5,6)7)13(11)17(2,3)4/h8-9,15,21H,1,19H2,2-7H3. The van der Waals surface area contributed by atoms with Crippen LogP contribution >= 0.6 is 11.8 Å². The fourth-order valence-corrected chi connectivity index (χ4v) is 4.10. The van der Waals surface area contributed by atoms with Gasteiger partial charge in [0.25, 0.3) is 5.91 Å². The van der Waals surface area contributed by atoms with E-state index < -0.39 is 5.25 Å². The Balaban J connectivity index is 2.76. The fourth-order valence-electron chi connectivity index (χ4n) is 3.08. The van der Waals surface area contributed by atoms with Crippen LogP contribution in [-0.4, -0.2) is 16.0 Å². The molecular weight excluding hydrogens is 308 g/mol. The number of aromatic hydroxyl groups is 1. The topological polar surface area (TPSA) is 66.6 Å². The first-order chi connectivity index (χ1) is 10.4. The van der Waals surface area contributed by atoms with Gasteiger partial charge in [0.15, 0.2) is 0 Å². The number of hydrogen-bond donors (Lipinski definition) is 2. The molecule has 0 radical (unpaired) electrons. The number of nitrogens with zero attached hydrogens (tertiary/aromatic N) is 1. The molecule has 5 heteroatoms. The lowest BCUT2D eigenvalue weighted by Gasteiger charge is -2.34. The first-order valence-electron chi connectivity index (χ1n) is 7.66. The van der Waals surface area contributed by atoms with Crippen molar-refractivity contribution in [3.8, 4) is 5.75 Å². The SMILES string of the molecule is C=C1SC(c2ccc(O)c(C(C)(C)C)c2C(C)(C)C)C(=O)N1N. The van der Waals surface area contributed by atoms with Crippen molar-refractivity contribution in [2.75, 3.05) is 0 Å². The summed E-state index contributed by atoms with van der Waals surface area (Å²) < 4.78 is 0. The molecule has 0 aliphatic carbocycles. The number of hydrazine groups is 1. The first-order valence-corrected chi connectivity index (χ1v) is 8.54. The highest BCUT2D eigenvalue weighted by Crippen LogP contribution is 2.49. The van der Waals surface area contributed by atoms with E-state index in [1.165, 1.54) is 11.8 Å². The molecule has 4 nitrogen and oxygen atoms in total. The Morgan fingerprint density at radius 1 is 1.13 bits per heavy atom. The molecule has 2 rings (SSSR count). The van der Waals surface area contributed by atoms with E-state index in [2.05, 4.69) is 48.1 Å². The molecule has 1 amide bonds. The van der Waals surface area contributed by atoms with Crippen molar-refractivity contribution >= 4 is 17.7 Å². The maximum atomic E-state index is 12.5. The summed E-state index contributed by atoms with van der Waals surface area (Å²) in [7, 11) is 0. The van der Waals surface area contributed by atoms with Crippen LogP contribution in [0.3, 0.4) is 0 Å². The van der Waals surface area contributed by atoms with Crippen LogP contribution in [-0.2, 0) is 15.6 Å². The van der Waals surface area contributed by atoms with Crippen molar-refractivity contribution in [1.29, 1.82) is 0 Å². The van der Waals surface area contributed by atoms with E-state index in [1.54, 1.807) is 6.07 Å². The number of hydrogen-bond acceptors (Lipinski definition) is 4. The molecule has 3 N–H and O–H groups in total. The van der Waals surface area contributed by atoms with Gasteiger partial charge in [-0.2, -0.15) is 0 Å². The maximum absolute atomic E-state index is 12.5. The predicted octanol–water partition coefficient (Wildman–Crippen LogP) is 3.95. The maximum Gasteiger partial charge on any atom is 0.259 e. The second kappa shape index (κ2) is 5.56. The molecule has 1 atom stereocenters. The Morgan fingerprint density at radius 2 is 1.65 bits per heavy atom. The van der Waals surface area contributed by atoms with Crippen molar-refractivity contribution in [3.63, 3.8) is 0 Å². The van der Waals surface area contributed by atoms with Gasteiger partial charge in [-0.05, 0) is 28.0 Å². The largest absolute Gasteiger partial charge is 0.508 e. The summed E-state index contributed by atoms with van der Waals surface area (Å²) in [4.78, 5) is 12.5. The van der Waals surface area contributed by atoms with E-state index in [4.69, 9.17) is 5.84 Å². The number of carbonyl (C=O) groups excluding carboxylic acids is 1. The van der Waals surface area contributed by atoms with Crippen LogP contribution < -0.4 is 5.84 Å². The van der Waals surface area contributed by atoms with E-state index in [-0.39, 0.29) is 22.5 Å². The second-order valence-corrected chi connectivity index (χ2v) is 9.20. The monoisotopic (exact) mass is 334 g/mol. The van der Waals surface area contributed by atoms with Gasteiger partial charge in [-0.3, -0.25) is 4.79 Å². The van der Waals surface area contributed by atoms with Crippen molar-refractivity contribution in [2.24, 2.45) is 5.84 Å². The molecule has 1 aliphatic rings. The minimum absolute atomic E-state index is 0.170. The summed E-state index contributed by atoms with van der Waals surface area (Å²) in [5, 5.41) is 11.7. The summed E-state index contributed by atoms with van der Waals surface area (Å²) in [5.74, 6) is 5.87. The molecule has 1 saturated heterocycles. The smallest absolute Gasteiger partial charge is 0.259 e. The lowest BCUT2D eigenvalue weighted by Crippen LogP contribution is -2.33. The molecule has 0 bridgehead atoms. The van der Waals surface area contributed by atoms with Gasteiger partial charge in [-0.15, -0.1) is 0 Å². The Labute approximate surface area is 142 Å². The molecule has 126 valence electrons. The summed E-state index contributed by atoms with van der Waals surface area (Å²) in [6.45, 7) is 16.3. The van der Waals surface area contributed by atoms with E-state index in [1.807, 2.05) is 6.07 Å². The Hall–Kier alpha value is -1.46. The van der Waals surface area contributed by atoms with Crippen molar-refractivity contribution < 1.29 is 9.90 Å². The zero-order valence-electron chi connectivity index (χ0n) is 14.7. The number of nitrogens with two attached hydrogens (primary N) is 1. The Morgan fingerprint density at radius 3 is 2.04 bits per heavy atom. The van der Waals surface area contributed by atoms with Crippen LogP contribution in [0.4, 0.5) is 0 Å². The lowest BCUT2D eigenvalue weighted by atomic mass is 9.72. The normalized spacial score (nSPS) is 19.6. The van der Waals surface area contributed by atoms with Gasteiger partial charge in [-0.1, -0.05) is 65.9 Å². The van der Waals surface area contributed by atoms with Crippen LogP contribution in [0, 0.1) is 0 Å². The van der Waals surface area contributed by atoms with Crippen LogP contribution in [0.25, 0.3) is 0 Å². The number of carbonyl (C=O) groups is 1. The molecule has 1 aromatic carbocycles. The minimum atomic E-state index is -0.413. The Kier molecular flexibility index (Phi) is 4.33. The zero-order chi connectivity index (χ0) is 17.7. The number of phenolic OH excluding ortho intramolecular Hbond substituents is 1. The van der Waals surface area contributed by atoms with Gasteiger partial charge in [-0.25, -0.2) is 10.9 Å². The van der Waals surface area contributed by atoms with Crippen LogP contribution in [0.5, 0.6) is 5.75 Å². The average Bonchev–Trinajstić information content (AvgIpc) is 2.63. The number of phenols is 1.